The Morgan fingerprint density at radius 1 is 1.27 bits per heavy atom. The molecule has 0 saturated carbocycles. The van der Waals surface area contributed by atoms with Crippen molar-refractivity contribution in [2.75, 3.05) is 26.2 Å². The van der Waals surface area contributed by atoms with Crippen molar-refractivity contribution < 1.29 is 4.79 Å². The molecule has 0 bridgehead atoms. The van der Waals surface area contributed by atoms with Gasteiger partial charge in [0.05, 0.1) is 23.1 Å². The molecular formula is C20H29N5O. The number of carbonyl (C=O) groups is 1. The number of aromatic nitrogens is 3. The van der Waals surface area contributed by atoms with Crippen LogP contribution in [0.3, 0.4) is 0 Å². The van der Waals surface area contributed by atoms with Crippen LogP contribution in [0.15, 0.2) is 18.6 Å². The van der Waals surface area contributed by atoms with Crippen LogP contribution in [0.25, 0.3) is 0 Å². The zero-order valence-corrected chi connectivity index (χ0v) is 15.8. The first-order chi connectivity index (χ1) is 12.7. The van der Waals surface area contributed by atoms with Gasteiger partial charge in [-0.15, -0.1) is 0 Å². The molecule has 2 N–H and O–H groups in total. The van der Waals surface area contributed by atoms with Crippen molar-refractivity contribution in [1.82, 2.24) is 24.8 Å². The summed E-state index contributed by atoms with van der Waals surface area (Å²) >= 11 is 0. The quantitative estimate of drug-likeness (QED) is 0.886. The van der Waals surface area contributed by atoms with E-state index in [1.807, 2.05) is 30.4 Å². The third-order valence-electron chi connectivity index (χ3n) is 6.24. The summed E-state index contributed by atoms with van der Waals surface area (Å²) in [5.41, 5.74) is 4.26. The number of amides is 1. The zero-order valence-electron chi connectivity index (χ0n) is 15.8. The lowest BCUT2D eigenvalue weighted by Crippen LogP contribution is -2.57. The molecule has 0 aromatic carbocycles. The molecule has 2 aliphatic heterocycles. The molecule has 2 aliphatic rings. The summed E-state index contributed by atoms with van der Waals surface area (Å²) in [6.07, 6.45) is 9.08. The highest BCUT2D eigenvalue weighted by molar-refractivity contribution is 5.95. The lowest BCUT2D eigenvalue weighted by Gasteiger charge is -2.50. The first kappa shape index (κ1) is 17.3. The molecule has 1 fully saturated rings. The molecule has 0 unspecified atom stereocenters. The number of carbonyl (C=O) groups excluding carboxylic acids is 1. The average molecular weight is 355 g/mol. The third kappa shape index (κ3) is 2.76. The molecule has 0 atom stereocenters. The van der Waals surface area contributed by atoms with Gasteiger partial charge in [0.25, 0.3) is 5.91 Å². The zero-order chi connectivity index (χ0) is 18.1. The Hall–Kier alpha value is -2.08. The van der Waals surface area contributed by atoms with Gasteiger partial charge in [0.2, 0.25) is 0 Å². The number of hydrogen-bond donors (Lipinski definition) is 2. The highest BCUT2D eigenvalue weighted by atomic mass is 16.2. The van der Waals surface area contributed by atoms with E-state index in [0.717, 1.165) is 56.7 Å². The Labute approximate surface area is 155 Å². The number of nitrogens with one attached hydrogen (secondary N) is 2. The molecule has 2 aromatic heterocycles. The molecule has 26 heavy (non-hydrogen) atoms. The van der Waals surface area contributed by atoms with Crippen molar-refractivity contribution in [3.8, 4) is 0 Å². The molecule has 1 spiro atoms. The van der Waals surface area contributed by atoms with Gasteiger partial charge in [-0.2, -0.15) is 0 Å². The average Bonchev–Trinajstić information content (AvgIpc) is 3.31. The van der Waals surface area contributed by atoms with E-state index in [0.29, 0.717) is 0 Å². The summed E-state index contributed by atoms with van der Waals surface area (Å²) in [4.78, 5) is 28.7. The van der Waals surface area contributed by atoms with E-state index in [1.54, 1.807) is 0 Å². The fourth-order valence-electron chi connectivity index (χ4n) is 4.69. The van der Waals surface area contributed by atoms with Crippen LogP contribution >= 0.6 is 0 Å². The van der Waals surface area contributed by atoms with E-state index < -0.39 is 0 Å². The minimum Gasteiger partial charge on any atom is -0.365 e. The maximum atomic E-state index is 12.9. The Kier molecular flexibility index (Phi) is 4.61. The smallest absolute Gasteiger partial charge is 0.255 e. The molecule has 4 heterocycles. The SMILES string of the molecule is CCCCN1CCc2[nH]cnc2C12CCN(C(=O)c1cc[nH]c1C)CC2. The van der Waals surface area contributed by atoms with Crippen LogP contribution in [0.1, 0.15) is 60.0 Å². The fourth-order valence-corrected chi connectivity index (χ4v) is 4.69. The first-order valence-corrected chi connectivity index (χ1v) is 9.87. The first-order valence-electron chi connectivity index (χ1n) is 9.87. The molecular weight excluding hydrogens is 326 g/mol. The number of H-pyrrole nitrogens is 2. The van der Waals surface area contributed by atoms with Gasteiger partial charge >= 0.3 is 0 Å². The Balaban J connectivity index is 1.55. The van der Waals surface area contributed by atoms with Crippen LogP contribution in [0.2, 0.25) is 0 Å². The van der Waals surface area contributed by atoms with E-state index in [1.165, 1.54) is 24.2 Å². The molecule has 4 rings (SSSR count). The van der Waals surface area contributed by atoms with E-state index in [-0.39, 0.29) is 11.4 Å². The maximum absolute atomic E-state index is 12.9. The van der Waals surface area contributed by atoms with Crippen molar-refractivity contribution in [3.05, 3.63) is 41.2 Å². The summed E-state index contributed by atoms with van der Waals surface area (Å²) in [7, 11) is 0. The lowest BCUT2D eigenvalue weighted by molar-refractivity contribution is 0.00630. The van der Waals surface area contributed by atoms with Gasteiger partial charge < -0.3 is 14.9 Å². The van der Waals surface area contributed by atoms with Gasteiger partial charge in [-0.1, -0.05) is 13.3 Å². The Bertz CT molecular complexity index is 769. The van der Waals surface area contributed by atoms with Crippen LogP contribution in [0.5, 0.6) is 0 Å². The van der Waals surface area contributed by atoms with Gasteiger partial charge in [0.1, 0.15) is 0 Å². The summed E-state index contributed by atoms with van der Waals surface area (Å²) in [5, 5.41) is 0. The standard InChI is InChI=1S/C20H29N5O/c1-3-4-10-25-11-6-17-18(23-14-22-17)20(25)7-12-24(13-8-20)19(26)16-5-9-21-15(16)2/h5,9,14,21H,3-4,6-8,10-13H2,1-2H3,(H,22,23). The van der Waals surface area contributed by atoms with Gasteiger partial charge in [-0.3, -0.25) is 9.69 Å². The molecule has 0 aliphatic carbocycles. The predicted molar refractivity (Wildman–Crippen MR) is 101 cm³/mol. The van der Waals surface area contributed by atoms with Crippen LogP contribution in [0, 0.1) is 6.92 Å². The molecule has 0 radical (unpaired) electrons. The molecule has 140 valence electrons. The van der Waals surface area contributed by atoms with Gasteiger partial charge in [-0.05, 0) is 38.8 Å². The largest absolute Gasteiger partial charge is 0.365 e. The van der Waals surface area contributed by atoms with Gasteiger partial charge in [0.15, 0.2) is 0 Å². The van der Waals surface area contributed by atoms with E-state index in [2.05, 4.69) is 21.8 Å². The molecule has 1 saturated heterocycles. The molecule has 1 amide bonds. The summed E-state index contributed by atoms with van der Waals surface area (Å²) in [6.45, 7) is 7.99. The molecule has 6 nitrogen and oxygen atoms in total. The third-order valence-corrected chi connectivity index (χ3v) is 6.24. The number of fused-ring (bicyclic) bond motifs is 2. The number of rotatable bonds is 4. The summed E-state index contributed by atoms with van der Waals surface area (Å²) in [5.74, 6) is 0.150. The monoisotopic (exact) mass is 355 g/mol. The van der Waals surface area contributed by atoms with E-state index in [4.69, 9.17) is 4.98 Å². The number of hydrogen-bond acceptors (Lipinski definition) is 3. The minimum atomic E-state index is -0.00722. The van der Waals surface area contributed by atoms with Crippen molar-refractivity contribution in [1.29, 1.82) is 0 Å². The van der Waals surface area contributed by atoms with E-state index >= 15 is 0 Å². The van der Waals surface area contributed by atoms with Crippen molar-refractivity contribution >= 4 is 5.91 Å². The van der Waals surface area contributed by atoms with Gasteiger partial charge in [0, 0.05) is 43.6 Å². The van der Waals surface area contributed by atoms with Crippen LogP contribution in [-0.2, 0) is 12.0 Å². The van der Waals surface area contributed by atoms with Crippen molar-refractivity contribution in [2.45, 2.75) is 51.5 Å². The van der Waals surface area contributed by atoms with Crippen LogP contribution in [-0.4, -0.2) is 56.8 Å². The number of likely N-dealkylation sites (tertiary alicyclic amines) is 1. The molecule has 6 heteroatoms. The number of imidazole rings is 1. The number of piperidine rings is 1. The second kappa shape index (κ2) is 6.91. The second-order valence-corrected chi connectivity index (χ2v) is 7.66. The number of aromatic amines is 2. The minimum absolute atomic E-state index is 0.00722. The van der Waals surface area contributed by atoms with Crippen LogP contribution < -0.4 is 0 Å². The summed E-state index contributed by atoms with van der Waals surface area (Å²) < 4.78 is 0. The highest BCUT2D eigenvalue weighted by Gasteiger charge is 2.46. The summed E-state index contributed by atoms with van der Waals surface area (Å²) in [6, 6.07) is 1.89. The normalized spacial score (nSPS) is 19.7. The number of nitrogens with zero attached hydrogens (tertiary/aromatic N) is 3. The van der Waals surface area contributed by atoms with E-state index in [9.17, 15) is 4.79 Å². The highest BCUT2D eigenvalue weighted by Crippen LogP contribution is 2.42. The Morgan fingerprint density at radius 3 is 2.77 bits per heavy atom. The second-order valence-electron chi connectivity index (χ2n) is 7.66. The van der Waals surface area contributed by atoms with Crippen molar-refractivity contribution in [3.63, 3.8) is 0 Å². The maximum Gasteiger partial charge on any atom is 0.255 e. The predicted octanol–water partition coefficient (Wildman–Crippen LogP) is 2.84. The Morgan fingerprint density at radius 2 is 2.08 bits per heavy atom. The fraction of sp³-hybridized carbons (Fsp3) is 0.600. The number of unbranched alkanes of at least 4 members (excludes halogenated alkanes) is 1. The number of aryl methyl sites for hydroxylation is 1. The lowest BCUT2D eigenvalue weighted by atomic mass is 9.78. The van der Waals surface area contributed by atoms with Crippen molar-refractivity contribution in [2.24, 2.45) is 0 Å². The topological polar surface area (TPSA) is 68.0 Å². The van der Waals surface area contributed by atoms with Gasteiger partial charge in [-0.25, -0.2) is 4.98 Å². The molecule has 2 aromatic rings. The van der Waals surface area contributed by atoms with Crippen LogP contribution in [0.4, 0.5) is 0 Å².